The summed E-state index contributed by atoms with van der Waals surface area (Å²) in [6, 6.07) is 0. The van der Waals surface area contributed by atoms with Crippen molar-refractivity contribution in [2.45, 2.75) is 19.5 Å². The number of hydrogen-bond donors (Lipinski definition) is 0. The molecule has 0 saturated heterocycles. The zero-order valence-corrected chi connectivity index (χ0v) is 6.84. The lowest BCUT2D eigenvalue weighted by molar-refractivity contribution is -0.740. The van der Waals surface area contributed by atoms with Gasteiger partial charge in [-0.25, -0.2) is 0 Å². The van der Waals surface area contributed by atoms with Crippen LogP contribution in [0.2, 0.25) is 0 Å². The Labute approximate surface area is 72.8 Å². The van der Waals surface area contributed by atoms with Crippen LogP contribution in [0.3, 0.4) is 0 Å². The predicted octanol–water partition coefficient (Wildman–Crippen LogP) is -0.181. The Morgan fingerprint density at radius 3 is 2.15 bits per heavy atom. The van der Waals surface area contributed by atoms with E-state index < -0.39 is 28.4 Å². The van der Waals surface area contributed by atoms with Crippen molar-refractivity contribution in [3.63, 3.8) is 0 Å². The second kappa shape index (κ2) is 5.01. The highest BCUT2D eigenvalue weighted by molar-refractivity contribution is 5.69. The lowest BCUT2D eigenvalue weighted by Gasteiger charge is -2.01. The topological polar surface area (TPSA) is 113 Å². The molecule has 0 aliphatic carbocycles. The zero-order valence-electron chi connectivity index (χ0n) is 6.84. The van der Waals surface area contributed by atoms with Crippen molar-refractivity contribution in [1.82, 2.24) is 0 Å². The van der Waals surface area contributed by atoms with E-state index in [1.54, 1.807) is 0 Å². The van der Waals surface area contributed by atoms with E-state index in [4.69, 9.17) is 0 Å². The summed E-state index contributed by atoms with van der Waals surface area (Å²) >= 11 is 0. The van der Waals surface area contributed by atoms with Crippen LogP contribution in [0.5, 0.6) is 0 Å². The summed E-state index contributed by atoms with van der Waals surface area (Å²) in [6.07, 6.45) is -2.95. The van der Waals surface area contributed by atoms with E-state index >= 15 is 0 Å². The molecule has 74 valence electrons. The van der Waals surface area contributed by atoms with Gasteiger partial charge in [-0.2, -0.15) is 0 Å². The molecule has 0 aliphatic rings. The highest BCUT2D eigenvalue weighted by Crippen LogP contribution is 1.99. The van der Waals surface area contributed by atoms with Crippen LogP contribution < -0.4 is 0 Å². The molecule has 0 aliphatic heterocycles. The average molecular weight is 192 g/mol. The molecule has 0 aromatic carbocycles. The van der Waals surface area contributed by atoms with Gasteiger partial charge in [0, 0.05) is 0 Å². The van der Waals surface area contributed by atoms with Crippen molar-refractivity contribution in [2.75, 3.05) is 6.61 Å². The third kappa shape index (κ3) is 3.99. The van der Waals surface area contributed by atoms with Crippen molar-refractivity contribution in [3.05, 3.63) is 20.2 Å². The summed E-state index contributed by atoms with van der Waals surface area (Å²) in [7, 11) is 0. The van der Waals surface area contributed by atoms with E-state index in [2.05, 4.69) is 4.74 Å². The third-order valence-corrected chi connectivity index (χ3v) is 1.14. The van der Waals surface area contributed by atoms with Gasteiger partial charge in [0.25, 0.3) is 0 Å². The summed E-state index contributed by atoms with van der Waals surface area (Å²) in [4.78, 5) is 28.4. The van der Waals surface area contributed by atoms with E-state index in [9.17, 15) is 25.0 Å². The van der Waals surface area contributed by atoms with Crippen LogP contribution in [0, 0.1) is 20.2 Å². The molecule has 0 amide bonds. The largest absolute Gasteiger partial charge is 0.466 e. The summed E-state index contributed by atoms with van der Waals surface area (Å²) in [5.41, 5.74) is 0. The number of ether oxygens (including phenoxy) is 1. The Morgan fingerprint density at radius 2 is 1.85 bits per heavy atom. The number of esters is 1. The van der Waals surface area contributed by atoms with Gasteiger partial charge in [-0.05, 0) is 6.92 Å². The molecule has 0 radical (unpaired) electrons. The molecular formula is C5H8N2O6. The van der Waals surface area contributed by atoms with Gasteiger partial charge in [-0.1, -0.05) is 0 Å². The van der Waals surface area contributed by atoms with Crippen LogP contribution in [0.1, 0.15) is 13.3 Å². The Kier molecular flexibility index (Phi) is 4.34. The van der Waals surface area contributed by atoms with Crippen LogP contribution in [-0.4, -0.2) is 28.6 Å². The van der Waals surface area contributed by atoms with Crippen LogP contribution >= 0.6 is 0 Å². The first-order valence-corrected chi connectivity index (χ1v) is 3.41. The molecular weight excluding hydrogens is 184 g/mol. The van der Waals surface area contributed by atoms with Crippen molar-refractivity contribution in [1.29, 1.82) is 0 Å². The maximum absolute atomic E-state index is 10.6. The highest BCUT2D eigenvalue weighted by atomic mass is 16.7. The smallest absolute Gasteiger partial charge is 0.461 e. The standard InChI is InChI=1S/C5H8N2O6/c1-2-13-5(8)3-4(6(9)10)7(11)12/h4H,2-3H2,1H3. The molecule has 13 heavy (non-hydrogen) atoms. The second-order valence-corrected chi connectivity index (χ2v) is 2.06. The number of carbonyl (C=O) groups is 1. The van der Waals surface area contributed by atoms with Crippen molar-refractivity contribution < 1.29 is 19.4 Å². The van der Waals surface area contributed by atoms with E-state index in [1.807, 2.05) is 0 Å². The number of carbonyl (C=O) groups excluding carboxylic acids is 1. The summed E-state index contributed by atoms with van der Waals surface area (Å²) in [6.45, 7) is 1.55. The normalized spacial score (nSPS) is 9.69. The fourth-order valence-corrected chi connectivity index (χ4v) is 0.595. The van der Waals surface area contributed by atoms with Gasteiger partial charge in [-0.3, -0.25) is 25.0 Å². The maximum atomic E-state index is 10.6. The molecule has 0 N–H and O–H groups in total. The van der Waals surface area contributed by atoms with Crippen LogP contribution in [0.25, 0.3) is 0 Å². The number of rotatable bonds is 5. The summed E-state index contributed by atoms with van der Waals surface area (Å²) in [5.74, 6) is -0.944. The first kappa shape index (κ1) is 11.3. The molecule has 0 aromatic rings. The number of hydrogen-bond acceptors (Lipinski definition) is 6. The molecule has 0 unspecified atom stereocenters. The number of nitro groups is 2. The Morgan fingerprint density at radius 1 is 1.38 bits per heavy atom. The maximum Gasteiger partial charge on any atom is 0.461 e. The molecule has 0 bridgehead atoms. The summed E-state index contributed by atoms with van der Waals surface area (Å²) < 4.78 is 4.32. The predicted molar refractivity (Wildman–Crippen MR) is 39.0 cm³/mol. The Bertz CT molecular complexity index is 213. The molecule has 0 fully saturated rings. The van der Waals surface area contributed by atoms with Gasteiger partial charge in [0.15, 0.2) is 6.42 Å². The van der Waals surface area contributed by atoms with Crippen molar-refractivity contribution in [2.24, 2.45) is 0 Å². The summed E-state index contributed by atoms with van der Waals surface area (Å²) in [5, 5.41) is 20.1. The minimum atomic E-state index is -2.11. The third-order valence-electron chi connectivity index (χ3n) is 1.14. The quantitative estimate of drug-likeness (QED) is 0.258. The van der Waals surface area contributed by atoms with Crippen molar-refractivity contribution >= 4 is 5.97 Å². The Balaban J connectivity index is 4.19. The van der Waals surface area contributed by atoms with E-state index in [0.29, 0.717) is 0 Å². The monoisotopic (exact) mass is 192 g/mol. The van der Waals surface area contributed by atoms with Gasteiger partial charge < -0.3 is 4.74 Å². The fraction of sp³-hybridized carbons (Fsp3) is 0.800. The van der Waals surface area contributed by atoms with Gasteiger partial charge in [-0.15, -0.1) is 0 Å². The average Bonchev–Trinajstić information content (AvgIpc) is 1.99. The van der Waals surface area contributed by atoms with E-state index in [1.165, 1.54) is 6.92 Å². The molecule has 8 nitrogen and oxygen atoms in total. The zero-order chi connectivity index (χ0) is 10.4. The molecule has 0 aromatic heterocycles. The molecule has 0 rings (SSSR count). The van der Waals surface area contributed by atoms with Crippen LogP contribution in [0.15, 0.2) is 0 Å². The second-order valence-electron chi connectivity index (χ2n) is 2.06. The van der Waals surface area contributed by atoms with Crippen LogP contribution in [0.4, 0.5) is 0 Å². The number of nitrogens with zero attached hydrogens (tertiary/aromatic N) is 2. The molecule has 0 saturated carbocycles. The van der Waals surface area contributed by atoms with Gasteiger partial charge in [0.2, 0.25) is 0 Å². The minimum absolute atomic E-state index is 0.0426. The van der Waals surface area contributed by atoms with E-state index in [0.717, 1.165) is 0 Å². The molecule has 0 heterocycles. The van der Waals surface area contributed by atoms with E-state index in [-0.39, 0.29) is 6.61 Å². The molecule has 0 spiro atoms. The molecule has 8 heteroatoms. The first-order chi connectivity index (χ1) is 5.99. The molecule has 0 atom stereocenters. The van der Waals surface area contributed by atoms with Crippen LogP contribution in [-0.2, 0) is 9.53 Å². The van der Waals surface area contributed by atoms with Gasteiger partial charge >= 0.3 is 12.1 Å². The lowest BCUT2D eigenvalue weighted by Crippen LogP contribution is -2.31. The SMILES string of the molecule is CCOC(=O)CC([N+](=O)[O-])[N+](=O)[O-]. The van der Waals surface area contributed by atoms with Gasteiger partial charge in [0.1, 0.15) is 0 Å². The first-order valence-electron chi connectivity index (χ1n) is 3.41. The highest BCUT2D eigenvalue weighted by Gasteiger charge is 2.35. The van der Waals surface area contributed by atoms with Gasteiger partial charge in [0.05, 0.1) is 16.5 Å². The van der Waals surface area contributed by atoms with Crippen molar-refractivity contribution in [3.8, 4) is 0 Å². The Hall–Kier alpha value is -1.73. The lowest BCUT2D eigenvalue weighted by atomic mass is 10.3. The fourth-order valence-electron chi connectivity index (χ4n) is 0.595. The minimum Gasteiger partial charge on any atom is -0.466 e.